The monoisotopic (exact) mass is 428 g/mol. The van der Waals surface area contributed by atoms with Gasteiger partial charge in [0.25, 0.3) is 5.91 Å². The molecular weight excluding hydrogens is 408 g/mol. The zero-order valence-electron chi connectivity index (χ0n) is 16.5. The highest BCUT2D eigenvalue weighted by Crippen LogP contribution is 2.35. The number of pyridine rings is 1. The summed E-state index contributed by atoms with van der Waals surface area (Å²) in [7, 11) is 1.45. The SMILES string of the molecule is CCCNC(=O)Nc1ccc(Oc2ccnc3cc(OC)c(C(N)=O)cc23)cc1Cl. The van der Waals surface area contributed by atoms with Crippen LogP contribution in [-0.4, -0.2) is 30.6 Å². The average Bonchev–Trinajstić information content (AvgIpc) is 2.73. The maximum atomic E-state index is 11.8. The molecule has 0 saturated carbocycles. The van der Waals surface area contributed by atoms with Crippen molar-refractivity contribution in [2.75, 3.05) is 19.0 Å². The Morgan fingerprint density at radius 2 is 1.97 bits per heavy atom. The first kappa shape index (κ1) is 21.2. The number of carbonyl (C=O) groups is 2. The van der Waals surface area contributed by atoms with E-state index >= 15 is 0 Å². The molecule has 1 aromatic heterocycles. The molecule has 3 amide bonds. The lowest BCUT2D eigenvalue weighted by atomic mass is 10.1. The third-order valence-corrected chi connectivity index (χ3v) is 4.55. The third kappa shape index (κ3) is 4.72. The Labute approximate surface area is 178 Å². The molecule has 0 radical (unpaired) electrons. The standard InChI is InChI=1S/C21H21ClN4O4/c1-3-7-25-21(28)26-16-5-4-12(9-15(16)22)30-18-6-8-24-17-11-19(29-2)14(20(23)27)10-13(17)18/h4-6,8-11H,3,7H2,1-2H3,(H2,23,27)(H2,25,26,28). The van der Waals surface area contributed by atoms with Crippen LogP contribution in [0.1, 0.15) is 23.7 Å². The fourth-order valence-corrected chi connectivity index (χ4v) is 3.01. The molecule has 9 heteroatoms. The molecular formula is C21H21ClN4O4. The van der Waals surface area contributed by atoms with Gasteiger partial charge in [-0.05, 0) is 30.7 Å². The van der Waals surface area contributed by atoms with Crippen molar-refractivity contribution in [3.8, 4) is 17.2 Å². The molecule has 30 heavy (non-hydrogen) atoms. The first-order chi connectivity index (χ1) is 14.4. The van der Waals surface area contributed by atoms with E-state index in [2.05, 4.69) is 15.6 Å². The van der Waals surface area contributed by atoms with Gasteiger partial charge in [0.1, 0.15) is 17.2 Å². The molecule has 0 fully saturated rings. The highest BCUT2D eigenvalue weighted by Gasteiger charge is 2.15. The molecule has 8 nitrogen and oxygen atoms in total. The predicted octanol–water partition coefficient (Wildman–Crippen LogP) is 4.32. The molecule has 1 heterocycles. The third-order valence-electron chi connectivity index (χ3n) is 4.24. The quantitative estimate of drug-likeness (QED) is 0.518. The maximum Gasteiger partial charge on any atom is 0.319 e. The number of benzene rings is 2. The van der Waals surface area contributed by atoms with Crippen LogP contribution in [0.2, 0.25) is 5.02 Å². The second kappa shape index (κ2) is 9.32. The van der Waals surface area contributed by atoms with Gasteiger partial charge < -0.3 is 25.8 Å². The molecule has 0 aliphatic heterocycles. The van der Waals surface area contributed by atoms with Gasteiger partial charge in [0, 0.05) is 30.3 Å². The Bertz CT molecular complexity index is 1100. The van der Waals surface area contributed by atoms with Crippen LogP contribution in [0.15, 0.2) is 42.6 Å². The van der Waals surface area contributed by atoms with Crippen molar-refractivity contribution in [2.24, 2.45) is 5.73 Å². The highest BCUT2D eigenvalue weighted by atomic mass is 35.5. The van der Waals surface area contributed by atoms with Crippen LogP contribution in [-0.2, 0) is 0 Å². The largest absolute Gasteiger partial charge is 0.496 e. The molecule has 0 saturated heterocycles. The lowest BCUT2D eigenvalue weighted by molar-refractivity contribution is 0.0997. The van der Waals surface area contributed by atoms with Crippen molar-refractivity contribution in [2.45, 2.75) is 13.3 Å². The minimum atomic E-state index is -0.622. The van der Waals surface area contributed by atoms with Crippen LogP contribution in [0.25, 0.3) is 10.9 Å². The van der Waals surface area contributed by atoms with E-state index in [9.17, 15) is 9.59 Å². The molecule has 2 aromatic carbocycles. The summed E-state index contributed by atoms with van der Waals surface area (Å²) >= 11 is 6.29. The van der Waals surface area contributed by atoms with Gasteiger partial charge in [-0.3, -0.25) is 9.78 Å². The zero-order chi connectivity index (χ0) is 21.7. The molecule has 0 bridgehead atoms. The topological polar surface area (TPSA) is 116 Å². The van der Waals surface area contributed by atoms with Crippen molar-refractivity contribution in [1.29, 1.82) is 0 Å². The van der Waals surface area contributed by atoms with Gasteiger partial charge in [-0.15, -0.1) is 0 Å². The molecule has 0 atom stereocenters. The van der Waals surface area contributed by atoms with Gasteiger partial charge in [0.05, 0.1) is 28.9 Å². The normalized spacial score (nSPS) is 10.5. The first-order valence-electron chi connectivity index (χ1n) is 9.21. The Morgan fingerprint density at radius 3 is 2.63 bits per heavy atom. The van der Waals surface area contributed by atoms with E-state index in [1.165, 1.54) is 7.11 Å². The second-order valence-electron chi connectivity index (χ2n) is 6.37. The number of methoxy groups -OCH3 is 1. The summed E-state index contributed by atoms with van der Waals surface area (Å²) in [6.45, 7) is 2.53. The fraction of sp³-hybridized carbons (Fsp3) is 0.190. The molecule has 0 aliphatic carbocycles. The zero-order valence-corrected chi connectivity index (χ0v) is 17.2. The van der Waals surface area contributed by atoms with Gasteiger partial charge >= 0.3 is 6.03 Å². The number of hydrogen-bond donors (Lipinski definition) is 3. The highest BCUT2D eigenvalue weighted by molar-refractivity contribution is 6.33. The van der Waals surface area contributed by atoms with E-state index in [0.29, 0.717) is 45.4 Å². The number of urea groups is 1. The van der Waals surface area contributed by atoms with Crippen molar-refractivity contribution >= 4 is 40.1 Å². The number of fused-ring (bicyclic) bond motifs is 1. The molecule has 0 aliphatic rings. The van der Waals surface area contributed by atoms with Gasteiger partial charge in [0.2, 0.25) is 0 Å². The second-order valence-corrected chi connectivity index (χ2v) is 6.77. The Morgan fingerprint density at radius 1 is 1.17 bits per heavy atom. The van der Waals surface area contributed by atoms with E-state index in [4.69, 9.17) is 26.8 Å². The van der Waals surface area contributed by atoms with Crippen LogP contribution in [0, 0.1) is 0 Å². The van der Waals surface area contributed by atoms with Crippen molar-refractivity contribution < 1.29 is 19.1 Å². The summed E-state index contributed by atoms with van der Waals surface area (Å²) in [5, 5.41) is 6.30. The van der Waals surface area contributed by atoms with Crippen LogP contribution in [0.4, 0.5) is 10.5 Å². The lowest BCUT2D eigenvalue weighted by Gasteiger charge is -2.13. The molecule has 0 spiro atoms. The summed E-state index contributed by atoms with van der Waals surface area (Å²) < 4.78 is 11.2. The van der Waals surface area contributed by atoms with Crippen molar-refractivity contribution in [3.63, 3.8) is 0 Å². The minimum absolute atomic E-state index is 0.221. The summed E-state index contributed by atoms with van der Waals surface area (Å²) in [6.07, 6.45) is 2.41. The number of nitrogens with one attached hydrogen (secondary N) is 2. The van der Waals surface area contributed by atoms with E-state index in [0.717, 1.165) is 6.42 Å². The first-order valence-corrected chi connectivity index (χ1v) is 9.59. The summed E-state index contributed by atoms with van der Waals surface area (Å²) in [4.78, 5) is 27.9. The fourth-order valence-electron chi connectivity index (χ4n) is 2.79. The number of amides is 3. The molecule has 4 N–H and O–H groups in total. The minimum Gasteiger partial charge on any atom is -0.496 e. The van der Waals surface area contributed by atoms with E-state index in [1.807, 2.05) is 6.92 Å². The number of nitrogens with two attached hydrogens (primary N) is 1. The number of rotatable bonds is 7. The molecule has 3 aromatic rings. The number of hydrogen-bond acceptors (Lipinski definition) is 5. The number of anilines is 1. The maximum absolute atomic E-state index is 11.8. The van der Waals surface area contributed by atoms with Gasteiger partial charge in [-0.25, -0.2) is 4.79 Å². The van der Waals surface area contributed by atoms with Gasteiger partial charge in [0.15, 0.2) is 0 Å². The molecule has 0 unspecified atom stereocenters. The molecule has 3 rings (SSSR count). The number of aromatic nitrogens is 1. The lowest BCUT2D eigenvalue weighted by Crippen LogP contribution is -2.29. The predicted molar refractivity (Wildman–Crippen MR) is 116 cm³/mol. The number of primary amides is 1. The summed E-state index contributed by atoms with van der Waals surface area (Å²) in [6, 6.07) is 9.43. The summed E-state index contributed by atoms with van der Waals surface area (Å²) in [5.41, 5.74) is 6.71. The van der Waals surface area contributed by atoms with Crippen molar-refractivity contribution in [1.82, 2.24) is 10.3 Å². The average molecular weight is 429 g/mol. The Kier molecular flexibility index (Phi) is 6.58. The van der Waals surface area contributed by atoms with Crippen LogP contribution >= 0.6 is 11.6 Å². The molecule has 156 valence electrons. The number of ether oxygens (including phenoxy) is 2. The van der Waals surface area contributed by atoms with Gasteiger partial charge in [-0.1, -0.05) is 18.5 Å². The van der Waals surface area contributed by atoms with Crippen LogP contribution in [0.3, 0.4) is 0 Å². The van der Waals surface area contributed by atoms with E-state index < -0.39 is 5.91 Å². The van der Waals surface area contributed by atoms with Gasteiger partial charge in [-0.2, -0.15) is 0 Å². The number of halogens is 1. The smallest absolute Gasteiger partial charge is 0.319 e. The van der Waals surface area contributed by atoms with Crippen LogP contribution in [0.5, 0.6) is 17.2 Å². The van der Waals surface area contributed by atoms with E-state index in [1.54, 1.807) is 42.6 Å². The van der Waals surface area contributed by atoms with E-state index in [-0.39, 0.29) is 11.6 Å². The van der Waals surface area contributed by atoms with Crippen LogP contribution < -0.4 is 25.8 Å². The Balaban J connectivity index is 1.89. The number of carbonyl (C=O) groups excluding carboxylic acids is 2. The Hall–Kier alpha value is -3.52. The van der Waals surface area contributed by atoms with Crippen molar-refractivity contribution in [3.05, 3.63) is 53.2 Å². The summed E-state index contributed by atoms with van der Waals surface area (Å²) in [5.74, 6) is 0.619. The number of nitrogens with zero attached hydrogens (tertiary/aromatic N) is 1.